The maximum absolute atomic E-state index is 11.7. The molecule has 0 heterocycles. The predicted molar refractivity (Wildman–Crippen MR) is 85.3 cm³/mol. The Labute approximate surface area is 132 Å². The van der Waals surface area contributed by atoms with Crippen LogP contribution in [0.1, 0.15) is 11.1 Å². The van der Waals surface area contributed by atoms with Gasteiger partial charge in [0.1, 0.15) is 5.75 Å². The molecule has 2 rings (SSSR count). The third-order valence-corrected chi connectivity index (χ3v) is 2.82. The second-order valence-electron chi connectivity index (χ2n) is 4.57. The van der Waals surface area contributed by atoms with E-state index in [9.17, 15) is 9.59 Å². The zero-order chi connectivity index (χ0) is 16.7. The molecule has 0 saturated heterocycles. The second-order valence-corrected chi connectivity index (χ2v) is 4.57. The Balaban J connectivity index is 2.08. The van der Waals surface area contributed by atoms with E-state index in [1.54, 1.807) is 42.5 Å². The average molecular weight is 310 g/mol. The first-order chi connectivity index (χ1) is 11.0. The van der Waals surface area contributed by atoms with E-state index in [1.165, 1.54) is 24.3 Å². The summed E-state index contributed by atoms with van der Waals surface area (Å²) in [4.78, 5) is 22.9. The quantitative estimate of drug-likeness (QED) is 0.504. The van der Waals surface area contributed by atoms with Gasteiger partial charge < -0.3 is 14.9 Å². The van der Waals surface area contributed by atoms with Crippen molar-refractivity contribution < 1.29 is 24.5 Å². The van der Waals surface area contributed by atoms with Gasteiger partial charge in [-0.3, -0.25) is 0 Å². The number of aromatic hydroxyl groups is 1. The average Bonchev–Trinajstić information content (AvgIpc) is 2.54. The van der Waals surface area contributed by atoms with Crippen LogP contribution in [0.4, 0.5) is 0 Å². The fourth-order valence-electron chi connectivity index (χ4n) is 1.73. The number of carboxylic acids is 1. The Morgan fingerprint density at radius 1 is 0.913 bits per heavy atom. The molecule has 0 aliphatic heterocycles. The molecule has 0 aliphatic carbocycles. The van der Waals surface area contributed by atoms with Crippen LogP contribution in [-0.4, -0.2) is 22.2 Å². The molecule has 0 radical (unpaired) electrons. The Morgan fingerprint density at radius 3 is 2.17 bits per heavy atom. The van der Waals surface area contributed by atoms with Gasteiger partial charge in [0.25, 0.3) is 0 Å². The van der Waals surface area contributed by atoms with Crippen molar-refractivity contribution in [1.29, 1.82) is 0 Å². The second kappa shape index (κ2) is 7.61. The Morgan fingerprint density at radius 2 is 1.57 bits per heavy atom. The van der Waals surface area contributed by atoms with E-state index in [2.05, 4.69) is 0 Å². The van der Waals surface area contributed by atoms with E-state index < -0.39 is 17.7 Å². The van der Waals surface area contributed by atoms with Crippen molar-refractivity contribution in [2.24, 2.45) is 0 Å². The number of esters is 1. The van der Waals surface area contributed by atoms with E-state index in [-0.39, 0.29) is 5.75 Å². The largest absolute Gasteiger partial charge is 0.508 e. The number of hydrogen-bond acceptors (Lipinski definition) is 4. The molecule has 2 aromatic rings. The van der Waals surface area contributed by atoms with E-state index in [0.29, 0.717) is 11.1 Å². The molecule has 0 amide bonds. The summed E-state index contributed by atoms with van der Waals surface area (Å²) >= 11 is 0. The third-order valence-electron chi connectivity index (χ3n) is 2.82. The SMILES string of the molecule is O=C(C=Cc1ccc(O)cc1)OC(=Cc1ccccc1)C(=O)O. The molecule has 5 nitrogen and oxygen atoms in total. The topological polar surface area (TPSA) is 83.8 Å². The van der Waals surface area contributed by atoms with Crippen molar-refractivity contribution in [2.45, 2.75) is 0 Å². The summed E-state index contributed by atoms with van der Waals surface area (Å²) in [6.45, 7) is 0. The molecule has 0 aromatic heterocycles. The molecule has 0 bridgehead atoms. The minimum absolute atomic E-state index is 0.115. The summed E-state index contributed by atoms with van der Waals surface area (Å²) in [5.41, 5.74) is 1.28. The van der Waals surface area contributed by atoms with E-state index in [4.69, 9.17) is 14.9 Å². The lowest BCUT2D eigenvalue weighted by molar-refractivity contribution is -0.144. The summed E-state index contributed by atoms with van der Waals surface area (Å²) in [5.74, 6) is -2.48. The van der Waals surface area contributed by atoms with Crippen LogP contribution in [0.3, 0.4) is 0 Å². The molecular weight excluding hydrogens is 296 g/mol. The number of ether oxygens (including phenoxy) is 1. The number of phenolic OH excluding ortho intramolecular Hbond substituents is 1. The molecule has 0 aliphatic rings. The molecule has 23 heavy (non-hydrogen) atoms. The summed E-state index contributed by atoms with van der Waals surface area (Å²) in [6, 6.07) is 14.9. The smallest absolute Gasteiger partial charge is 0.371 e. The van der Waals surface area contributed by atoms with Gasteiger partial charge in [0, 0.05) is 6.08 Å². The molecule has 0 atom stereocenters. The third kappa shape index (κ3) is 5.17. The van der Waals surface area contributed by atoms with Gasteiger partial charge in [-0.25, -0.2) is 9.59 Å². The van der Waals surface area contributed by atoms with Gasteiger partial charge >= 0.3 is 11.9 Å². The molecule has 2 aromatic carbocycles. The van der Waals surface area contributed by atoms with Crippen LogP contribution in [0.5, 0.6) is 5.75 Å². The lowest BCUT2D eigenvalue weighted by Crippen LogP contribution is -2.09. The highest BCUT2D eigenvalue weighted by molar-refractivity contribution is 5.96. The van der Waals surface area contributed by atoms with Gasteiger partial charge in [0.15, 0.2) is 0 Å². The monoisotopic (exact) mass is 310 g/mol. The van der Waals surface area contributed by atoms with Crippen LogP contribution in [0.2, 0.25) is 0 Å². The summed E-state index contributed by atoms with van der Waals surface area (Å²) in [6.07, 6.45) is 3.85. The summed E-state index contributed by atoms with van der Waals surface area (Å²) in [5, 5.41) is 18.3. The van der Waals surface area contributed by atoms with E-state index in [0.717, 1.165) is 6.08 Å². The van der Waals surface area contributed by atoms with Crippen LogP contribution in [-0.2, 0) is 14.3 Å². The maximum Gasteiger partial charge on any atom is 0.371 e. The molecule has 116 valence electrons. The van der Waals surface area contributed by atoms with E-state index >= 15 is 0 Å². The van der Waals surface area contributed by atoms with Crippen molar-refractivity contribution in [3.63, 3.8) is 0 Å². The maximum atomic E-state index is 11.7. The van der Waals surface area contributed by atoms with Crippen molar-refractivity contribution >= 4 is 24.1 Å². The van der Waals surface area contributed by atoms with Gasteiger partial charge in [-0.2, -0.15) is 0 Å². The highest BCUT2D eigenvalue weighted by Gasteiger charge is 2.12. The zero-order valence-electron chi connectivity index (χ0n) is 12.0. The fraction of sp³-hybridized carbons (Fsp3) is 0. The van der Waals surface area contributed by atoms with Crippen molar-refractivity contribution in [2.75, 3.05) is 0 Å². The molecule has 2 N–H and O–H groups in total. The predicted octanol–water partition coefficient (Wildman–Crippen LogP) is 3.07. The van der Waals surface area contributed by atoms with Crippen molar-refractivity contribution in [1.82, 2.24) is 0 Å². The highest BCUT2D eigenvalue weighted by Crippen LogP contribution is 2.12. The number of aliphatic carboxylic acids is 1. The number of carbonyl (C=O) groups excluding carboxylic acids is 1. The Kier molecular flexibility index (Phi) is 5.30. The van der Waals surface area contributed by atoms with Gasteiger partial charge in [-0.1, -0.05) is 42.5 Å². The standard InChI is InChI=1S/C18H14O5/c19-15-9-6-13(7-10-15)8-11-17(20)23-16(18(21)22)12-14-4-2-1-3-5-14/h1-12,19H,(H,21,22). The van der Waals surface area contributed by atoms with Gasteiger partial charge in [-0.05, 0) is 35.4 Å². The first kappa shape index (κ1) is 16.0. The number of benzene rings is 2. The minimum atomic E-state index is -1.33. The van der Waals surface area contributed by atoms with Gasteiger partial charge in [-0.15, -0.1) is 0 Å². The molecule has 0 spiro atoms. The normalized spacial score (nSPS) is 11.4. The number of carboxylic acid groups (broad SMARTS) is 1. The molecule has 0 unspecified atom stereocenters. The first-order valence-electron chi connectivity index (χ1n) is 6.73. The van der Waals surface area contributed by atoms with Crippen LogP contribution >= 0.6 is 0 Å². The summed E-state index contributed by atoms with van der Waals surface area (Å²) in [7, 11) is 0. The van der Waals surface area contributed by atoms with Crippen LogP contribution in [0.15, 0.2) is 66.4 Å². The van der Waals surface area contributed by atoms with Crippen LogP contribution in [0, 0.1) is 0 Å². The molecule has 0 saturated carbocycles. The highest BCUT2D eigenvalue weighted by atomic mass is 16.6. The number of carbonyl (C=O) groups is 2. The van der Waals surface area contributed by atoms with Crippen LogP contribution in [0.25, 0.3) is 12.2 Å². The molecule has 5 heteroatoms. The first-order valence-corrected chi connectivity index (χ1v) is 6.73. The molecular formula is C18H14O5. The number of phenols is 1. The van der Waals surface area contributed by atoms with Crippen molar-refractivity contribution in [3.8, 4) is 5.75 Å². The zero-order valence-corrected chi connectivity index (χ0v) is 12.0. The fourth-order valence-corrected chi connectivity index (χ4v) is 1.73. The minimum Gasteiger partial charge on any atom is -0.508 e. The lowest BCUT2D eigenvalue weighted by atomic mass is 10.2. The number of hydrogen-bond donors (Lipinski definition) is 2. The Bertz CT molecular complexity index is 743. The van der Waals surface area contributed by atoms with Gasteiger partial charge in [0.2, 0.25) is 5.76 Å². The summed E-state index contributed by atoms with van der Waals surface area (Å²) < 4.78 is 4.85. The van der Waals surface area contributed by atoms with Crippen molar-refractivity contribution in [3.05, 3.63) is 77.6 Å². The van der Waals surface area contributed by atoms with Gasteiger partial charge in [0.05, 0.1) is 0 Å². The molecule has 0 fully saturated rings. The Hall–Kier alpha value is -3.34. The van der Waals surface area contributed by atoms with E-state index in [1.807, 2.05) is 0 Å². The number of rotatable bonds is 5. The van der Waals surface area contributed by atoms with Crippen LogP contribution < -0.4 is 0 Å². The lowest BCUT2D eigenvalue weighted by Gasteiger charge is -2.02.